The van der Waals surface area contributed by atoms with Crippen LogP contribution in [-0.4, -0.2) is 39.2 Å². The molecule has 0 saturated carbocycles. The van der Waals surface area contributed by atoms with Gasteiger partial charge in [0.1, 0.15) is 12.4 Å². The summed E-state index contributed by atoms with van der Waals surface area (Å²) in [5, 5.41) is 12.8. The Morgan fingerprint density at radius 1 is 1.03 bits per heavy atom. The van der Waals surface area contributed by atoms with Crippen LogP contribution < -0.4 is 20.1 Å². The Morgan fingerprint density at radius 2 is 1.79 bits per heavy atom. The van der Waals surface area contributed by atoms with Gasteiger partial charge in [-0.25, -0.2) is 4.68 Å². The van der Waals surface area contributed by atoms with Gasteiger partial charge in [-0.15, -0.1) is 10.2 Å². The molecule has 0 saturated heterocycles. The van der Waals surface area contributed by atoms with Gasteiger partial charge in [-0.1, -0.05) is 42.9 Å². The largest absolute Gasteiger partial charge is 0.493 e. The Morgan fingerprint density at radius 3 is 2.50 bits per heavy atom. The number of nitrogens with two attached hydrogens (primary N) is 1. The highest BCUT2D eigenvalue weighted by molar-refractivity contribution is 7.98. The monoisotopic (exact) mass is 482 g/mol. The molecule has 0 fully saturated rings. The second-order valence-electron chi connectivity index (χ2n) is 7.65. The lowest BCUT2D eigenvalue weighted by Crippen LogP contribution is -2.15. The summed E-state index contributed by atoms with van der Waals surface area (Å²) in [4.78, 5) is 4.44. The molecule has 2 aromatic heterocycles. The summed E-state index contributed by atoms with van der Waals surface area (Å²) in [5.41, 5.74) is 2.00. The van der Waals surface area contributed by atoms with E-state index >= 15 is 0 Å². The van der Waals surface area contributed by atoms with E-state index in [1.54, 1.807) is 26.4 Å². The average molecular weight is 483 g/mol. The van der Waals surface area contributed by atoms with Crippen LogP contribution in [0, 0.1) is 0 Å². The molecule has 178 valence electrons. The first kappa shape index (κ1) is 23.4. The zero-order chi connectivity index (χ0) is 24.1. The molecular weight excluding hydrogens is 456 g/mol. The van der Waals surface area contributed by atoms with Crippen molar-refractivity contribution < 1.29 is 18.7 Å². The maximum Gasteiger partial charge on any atom is 0.237 e. The Kier molecular flexibility index (Phi) is 7.21. The van der Waals surface area contributed by atoms with E-state index in [0.717, 1.165) is 11.3 Å². The number of nitrogens with zero attached hydrogens (tertiary/aromatic N) is 5. The number of rotatable bonds is 10. The van der Waals surface area contributed by atoms with Gasteiger partial charge in [0.25, 0.3) is 0 Å². The molecule has 0 amide bonds. The van der Waals surface area contributed by atoms with Gasteiger partial charge in [-0.05, 0) is 41.8 Å². The predicted octanol–water partition coefficient (Wildman–Crippen LogP) is 4.05. The van der Waals surface area contributed by atoms with Crippen LogP contribution in [-0.2, 0) is 12.4 Å². The van der Waals surface area contributed by atoms with Gasteiger partial charge in [0.15, 0.2) is 17.3 Å². The molecule has 0 unspecified atom stereocenters. The molecule has 11 heteroatoms. The van der Waals surface area contributed by atoms with Crippen molar-refractivity contribution >= 4 is 11.8 Å². The van der Waals surface area contributed by atoms with Gasteiger partial charge in [0.2, 0.25) is 16.9 Å². The van der Waals surface area contributed by atoms with Crippen molar-refractivity contribution in [3.8, 4) is 28.6 Å². The van der Waals surface area contributed by atoms with Gasteiger partial charge >= 0.3 is 0 Å². The molecule has 4 aromatic rings. The minimum Gasteiger partial charge on any atom is -0.493 e. The molecule has 0 aliphatic carbocycles. The minimum absolute atomic E-state index is 0.203. The first-order valence-corrected chi connectivity index (χ1v) is 11.6. The molecule has 2 heterocycles. The highest BCUT2D eigenvalue weighted by Crippen LogP contribution is 2.31. The molecule has 2 aromatic carbocycles. The molecule has 0 atom stereocenters. The van der Waals surface area contributed by atoms with Crippen LogP contribution in [0.15, 0.2) is 52.1 Å². The molecule has 4 rings (SSSR count). The summed E-state index contributed by atoms with van der Waals surface area (Å²) in [6.07, 6.45) is 0. The van der Waals surface area contributed by atoms with Crippen molar-refractivity contribution in [2.45, 2.75) is 37.3 Å². The smallest absolute Gasteiger partial charge is 0.237 e. The quantitative estimate of drug-likeness (QED) is 0.261. The number of aromatic nitrogens is 5. The number of hydrogen-bond acceptors (Lipinski definition) is 10. The van der Waals surface area contributed by atoms with Crippen molar-refractivity contribution in [2.75, 3.05) is 20.1 Å². The minimum atomic E-state index is 0.203. The SMILES string of the molecule is COc1ccc(-c2noc(CSc3nnc(COc4ccc(C(C)C)cc4)n3N)n2)cc1OC. The molecule has 0 bridgehead atoms. The fourth-order valence-electron chi connectivity index (χ4n) is 3.13. The zero-order valence-corrected chi connectivity index (χ0v) is 20.2. The summed E-state index contributed by atoms with van der Waals surface area (Å²) in [7, 11) is 3.16. The Bertz CT molecular complexity index is 1240. The Hall–Kier alpha value is -3.73. The lowest BCUT2D eigenvalue weighted by atomic mass is 10.0. The summed E-state index contributed by atoms with van der Waals surface area (Å²) in [5.74, 6) is 10.3. The molecular formula is C23H26N6O4S. The van der Waals surface area contributed by atoms with Gasteiger partial charge in [0, 0.05) is 5.56 Å². The van der Waals surface area contributed by atoms with Crippen molar-refractivity contribution in [3.63, 3.8) is 0 Å². The van der Waals surface area contributed by atoms with E-state index in [1.165, 1.54) is 22.0 Å². The number of ether oxygens (including phenoxy) is 3. The first-order valence-electron chi connectivity index (χ1n) is 10.6. The van der Waals surface area contributed by atoms with E-state index in [2.05, 4.69) is 46.3 Å². The lowest BCUT2D eigenvalue weighted by Gasteiger charge is -2.08. The van der Waals surface area contributed by atoms with E-state index in [4.69, 9.17) is 24.6 Å². The Balaban J connectivity index is 1.35. The zero-order valence-electron chi connectivity index (χ0n) is 19.4. The molecule has 0 aliphatic heterocycles. The van der Waals surface area contributed by atoms with Crippen LogP contribution in [0.4, 0.5) is 0 Å². The van der Waals surface area contributed by atoms with Crippen LogP contribution >= 0.6 is 11.8 Å². The normalized spacial score (nSPS) is 11.1. The highest BCUT2D eigenvalue weighted by atomic mass is 32.2. The fraction of sp³-hybridized carbons (Fsp3) is 0.304. The van der Waals surface area contributed by atoms with E-state index in [9.17, 15) is 0 Å². The maximum atomic E-state index is 6.15. The molecule has 0 spiro atoms. The van der Waals surface area contributed by atoms with Crippen LogP contribution in [0.5, 0.6) is 17.2 Å². The van der Waals surface area contributed by atoms with Gasteiger partial charge < -0.3 is 24.6 Å². The molecule has 10 nitrogen and oxygen atoms in total. The standard InChI is InChI=1S/C23H26N6O4S/c1-14(2)15-5-8-17(9-6-15)32-12-20-26-27-23(29(20)24)34-13-21-25-22(28-33-21)16-7-10-18(30-3)19(11-16)31-4/h5-11,14H,12-13,24H2,1-4H3. The van der Waals surface area contributed by atoms with Crippen LogP contribution in [0.1, 0.15) is 37.0 Å². The average Bonchev–Trinajstić information content (AvgIpc) is 3.47. The lowest BCUT2D eigenvalue weighted by molar-refractivity contribution is 0.291. The van der Waals surface area contributed by atoms with Crippen LogP contribution in [0.3, 0.4) is 0 Å². The molecule has 34 heavy (non-hydrogen) atoms. The summed E-state index contributed by atoms with van der Waals surface area (Å²) >= 11 is 1.34. The van der Waals surface area contributed by atoms with E-state index in [1.807, 2.05) is 18.2 Å². The van der Waals surface area contributed by atoms with Crippen molar-refractivity contribution in [2.24, 2.45) is 0 Å². The maximum absolute atomic E-state index is 6.15. The third kappa shape index (κ3) is 5.25. The van der Waals surface area contributed by atoms with Crippen molar-refractivity contribution in [3.05, 3.63) is 59.7 Å². The van der Waals surface area contributed by atoms with E-state index in [-0.39, 0.29) is 6.61 Å². The predicted molar refractivity (Wildman–Crippen MR) is 127 cm³/mol. The Labute approximate surface area is 201 Å². The van der Waals surface area contributed by atoms with Gasteiger partial charge in [0.05, 0.1) is 20.0 Å². The first-order chi connectivity index (χ1) is 16.5. The van der Waals surface area contributed by atoms with E-state index < -0.39 is 0 Å². The summed E-state index contributed by atoms with van der Waals surface area (Å²) in [6.45, 7) is 4.50. The molecule has 0 radical (unpaired) electrons. The van der Waals surface area contributed by atoms with Gasteiger partial charge in [-0.2, -0.15) is 4.98 Å². The number of nitrogen functional groups attached to an aromatic ring is 1. The number of benzene rings is 2. The highest BCUT2D eigenvalue weighted by Gasteiger charge is 2.15. The third-order valence-electron chi connectivity index (χ3n) is 5.08. The summed E-state index contributed by atoms with van der Waals surface area (Å²) < 4.78 is 23.2. The fourth-order valence-corrected chi connectivity index (χ4v) is 3.85. The van der Waals surface area contributed by atoms with Crippen LogP contribution in [0.2, 0.25) is 0 Å². The molecule has 0 aliphatic rings. The van der Waals surface area contributed by atoms with Gasteiger partial charge in [-0.3, -0.25) is 0 Å². The van der Waals surface area contributed by atoms with E-state index in [0.29, 0.717) is 45.9 Å². The number of thioether (sulfide) groups is 1. The van der Waals surface area contributed by atoms with Crippen molar-refractivity contribution in [1.82, 2.24) is 25.0 Å². The topological polar surface area (TPSA) is 123 Å². The second kappa shape index (κ2) is 10.5. The number of hydrogen-bond donors (Lipinski definition) is 1. The van der Waals surface area contributed by atoms with Crippen molar-refractivity contribution in [1.29, 1.82) is 0 Å². The van der Waals surface area contributed by atoms with Crippen LogP contribution in [0.25, 0.3) is 11.4 Å². The number of methoxy groups -OCH3 is 2. The molecule has 2 N–H and O–H groups in total. The second-order valence-corrected chi connectivity index (χ2v) is 8.59. The summed E-state index contributed by atoms with van der Waals surface area (Å²) in [6, 6.07) is 13.4. The third-order valence-corrected chi connectivity index (χ3v) is 6.01.